The highest BCUT2D eigenvalue weighted by molar-refractivity contribution is 6.66. The first kappa shape index (κ1) is 11.6. The van der Waals surface area contributed by atoms with Crippen LogP contribution in [0.5, 0.6) is 0 Å². The number of carbonyl (C=O) groups is 1. The maximum absolute atomic E-state index is 10.6. The molecule has 1 heterocycles. The Morgan fingerprint density at radius 2 is 2.12 bits per heavy atom. The number of benzene rings is 1. The van der Waals surface area contributed by atoms with Crippen molar-refractivity contribution in [3.8, 4) is 0 Å². The van der Waals surface area contributed by atoms with Crippen LogP contribution in [-0.4, -0.2) is 14.8 Å². The van der Waals surface area contributed by atoms with E-state index in [-0.39, 0.29) is 0 Å². The largest absolute Gasteiger partial charge is 0.333 e. The van der Waals surface area contributed by atoms with Gasteiger partial charge >= 0.3 is 0 Å². The number of rotatable bonds is 4. The Bertz CT molecular complexity index is 515. The average molecular weight is 247 g/mol. The van der Waals surface area contributed by atoms with Crippen molar-refractivity contribution < 1.29 is 4.79 Å². The van der Waals surface area contributed by atoms with Gasteiger partial charge in [-0.15, -0.1) is 0 Å². The molecule has 0 N–H and O–H groups in total. The van der Waals surface area contributed by atoms with Crippen LogP contribution < -0.4 is 0 Å². The van der Waals surface area contributed by atoms with Gasteiger partial charge in [0.05, 0.1) is 6.33 Å². The summed E-state index contributed by atoms with van der Waals surface area (Å²) in [6, 6.07) is 7.92. The van der Waals surface area contributed by atoms with E-state index in [1.807, 2.05) is 35.0 Å². The molecule has 2 aromatic rings. The highest BCUT2D eigenvalue weighted by Crippen LogP contribution is 2.08. The molecule has 1 aromatic carbocycles. The highest BCUT2D eigenvalue weighted by Gasteiger charge is 1.95. The Morgan fingerprint density at radius 1 is 1.35 bits per heavy atom. The van der Waals surface area contributed by atoms with Gasteiger partial charge in [-0.1, -0.05) is 30.3 Å². The molecule has 0 aliphatic heterocycles. The summed E-state index contributed by atoms with van der Waals surface area (Å²) in [6.07, 6.45) is 8.48. The molecule has 0 radical (unpaired) electrons. The van der Waals surface area contributed by atoms with Crippen LogP contribution in [0.4, 0.5) is 0 Å². The Balaban J connectivity index is 2.05. The van der Waals surface area contributed by atoms with Crippen LogP contribution in [0.3, 0.4) is 0 Å². The van der Waals surface area contributed by atoms with Crippen LogP contribution in [-0.2, 0) is 11.3 Å². The van der Waals surface area contributed by atoms with Crippen molar-refractivity contribution in [2.45, 2.75) is 6.54 Å². The first-order valence-corrected chi connectivity index (χ1v) is 5.54. The quantitative estimate of drug-likeness (QED) is 0.614. The van der Waals surface area contributed by atoms with Gasteiger partial charge in [0.2, 0.25) is 5.24 Å². The summed E-state index contributed by atoms with van der Waals surface area (Å²) in [5, 5.41) is -0.465. The molecule has 3 nitrogen and oxygen atoms in total. The van der Waals surface area contributed by atoms with Gasteiger partial charge in [-0.3, -0.25) is 4.79 Å². The Labute approximate surface area is 104 Å². The van der Waals surface area contributed by atoms with Crippen molar-refractivity contribution >= 4 is 22.9 Å². The second-order valence-electron chi connectivity index (χ2n) is 3.61. The summed E-state index contributed by atoms with van der Waals surface area (Å²) >= 11 is 5.22. The van der Waals surface area contributed by atoms with Crippen LogP contribution in [0.1, 0.15) is 11.1 Å². The number of hydrogen-bond donors (Lipinski definition) is 0. The molecule has 0 aliphatic carbocycles. The van der Waals surface area contributed by atoms with E-state index in [0.717, 1.165) is 12.1 Å². The number of carbonyl (C=O) groups excluding carboxylic acids is 1. The van der Waals surface area contributed by atoms with Gasteiger partial charge in [-0.25, -0.2) is 4.98 Å². The molecule has 4 heteroatoms. The first-order valence-electron chi connectivity index (χ1n) is 5.16. The van der Waals surface area contributed by atoms with Crippen LogP contribution in [0.2, 0.25) is 0 Å². The second kappa shape index (κ2) is 5.46. The van der Waals surface area contributed by atoms with Crippen LogP contribution in [0.25, 0.3) is 6.08 Å². The minimum atomic E-state index is -0.465. The molecule has 0 atom stereocenters. The lowest BCUT2D eigenvalue weighted by Crippen LogP contribution is -1.95. The van der Waals surface area contributed by atoms with Gasteiger partial charge in [0.1, 0.15) is 0 Å². The summed E-state index contributed by atoms with van der Waals surface area (Å²) in [6.45, 7) is 0.790. The van der Waals surface area contributed by atoms with E-state index < -0.39 is 5.24 Å². The molecular formula is C13H11ClN2O. The second-order valence-corrected chi connectivity index (χ2v) is 3.99. The predicted molar refractivity (Wildman–Crippen MR) is 67.7 cm³/mol. The van der Waals surface area contributed by atoms with Gasteiger partial charge < -0.3 is 4.57 Å². The molecule has 0 spiro atoms. The highest BCUT2D eigenvalue weighted by atomic mass is 35.5. The van der Waals surface area contributed by atoms with E-state index in [4.69, 9.17) is 11.6 Å². The van der Waals surface area contributed by atoms with E-state index in [1.165, 1.54) is 11.6 Å². The zero-order valence-corrected chi connectivity index (χ0v) is 9.84. The van der Waals surface area contributed by atoms with Crippen LogP contribution >= 0.6 is 11.6 Å². The monoisotopic (exact) mass is 246 g/mol. The lowest BCUT2D eigenvalue weighted by molar-refractivity contribution is -0.107. The summed E-state index contributed by atoms with van der Waals surface area (Å²) in [5.41, 5.74) is 2.13. The number of allylic oxidation sites excluding steroid dienone is 1. The number of aromatic nitrogens is 2. The van der Waals surface area contributed by atoms with Crippen LogP contribution in [0, 0.1) is 0 Å². The minimum Gasteiger partial charge on any atom is -0.333 e. The fourth-order valence-electron chi connectivity index (χ4n) is 1.49. The standard InChI is InChI=1S/C13H11ClN2O/c14-13(17)6-5-11-1-3-12(4-2-11)9-16-8-7-15-10-16/h1-8,10H,9H2/b6-5+. The SMILES string of the molecule is O=C(Cl)/C=C/c1ccc(Cn2ccnc2)cc1. The maximum Gasteiger partial charge on any atom is 0.245 e. The van der Waals surface area contributed by atoms with Gasteiger partial charge in [0, 0.05) is 18.9 Å². The van der Waals surface area contributed by atoms with Gasteiger partial charge in [0.25, 0.3) is 0 Å². The van der Waals surface area contributed by atoms with E-state index in [9.17, 15) is 4.79 Å². The summed E-state index contributed by atoms with van der Waals surface area (Å²) in [4.78, 5) is 14.5. The molecule has 2 rings (SSSR count). The number of hydrogen-bond acceptors (Lipinski definition) is 2. The maximum atomic E-state index is 10.6. The Morgan fingerprint density at radius 3 is 2.71 bits per heavy atom. The molecule has 1 aromatic heterocycles. The fourth-order valence-corrected chi connectivity index (χ4v) is 1.55. The predicted octanol–water partition coefficient (Wildman–Crippen LogP) is 2.71. The summed E-state index contributed by atoms with van der Waals surface area (Å²) in [7, 11) is 0. The molecule has 86 valence electrons. The molecule has 0 aliphatic rings. The van der Waals surface area contributed by atoms with Crippen molar-refractivity contribution in [2.24, 2.45) is 0 Å². The normalized spacial score (nSPS) is 10.9. The number of halogens is 1. The number of nitrogens with zero attached hydrogens (tertiary/aromatic N) is 2. The summed E-state index contributed by atoms with van der Waals surface area (Å²) < 4.78 is 1.99. The molecular weight excluding hydrogens is 236 g/mol. The van der Waals surface area contributed by atoms with Crippen molar-refractivity contribution in [1.82, 2.24) is 9.55 Å². The van der Waals surface area contributed by atoms with E-state index in [0.29, 0.717) is 0 Å². The smallest absolute Gasteiger partial charge is 0.245 e. The van der Waals surface area contributed by atoms with Crippen molar-refractivity contribution in [3.05, 3.63) is 60.2 Å². The van der Waals surface area contributed by atoms with E-state index in [2.05, 4.69) is 4.98 Å². The van der Waals surface area contributed by atoms with Crippen LogP contribution in [0.15, 0.2) is 49.1 Å². The van der Waals surface area contributed by atoms with Gasteiger partial charge in [-0.2, -0.15) is 0 Å². The molecule has 0 saturated heterocycles. The lowest BCUT2D eigenvalue weighted by atomic mass is 10.1. The Hall–Kier alpha value is -1.87. The Kier molecular flexibility index (Phi) is 3.73. The van der Waals surface area contributed by atoms with Gasteiger partial charge in [-0.05, 0) is 28.8 Å². The third-order valence-corrected chi connectivity index (χ3v) is 2.44. The third kappa shape index (κ3) is 3.57. The van der Waals surface area contributed by atoms with Gasteiger partial charge in [0.15, 0.2) is 0 Å². The molecule has 0 bridgehead atoms. The molecule has 0 unspecified atom stereocenters. The number of imidazole rings is 1. The topological polar surface area (TPSA) is 34.9 Å². The minimum absolute atomic E-state index is 0.465. The van der Waals surface area contributed by atoms with E-state index >= 15 is 0 Å². The average Bonchev–Trinajstić information content (AvgIpc) is 2.81. The zero-order valence-electron chi connectivity index (χ0n) is 9.08. The van der Waals surface area contributed by atoms with Crippen molar-refractivity contribution in [2.75, 3.05) is 0 Å². The lowest BCUT2D eigenvalue weighted by Gasteiger charge is -2.02. The molecule has 17 heavy (non-hydrogen) atoms. The first-order chi connectivity index (χ1) is 8.24. The molecule has 0 fully saturated rings. The zero-order chi connectivity index (χ0) is 12.1. The van der Waals surface area contributed by atoms with Crippen molar-refractivity contribution in [1.29, 1.82) is 0 Å². The van der Waals surface area contributed by atoms with E-state index in [1.54, 1.807) is 18.6 Å². The third-order valence-electron chi connectivity index (χ3n) is 2.31. The van der Waals surface area contributed by atoms with Crippen molar-refractivity contribution in [3.63, 3.8) is 0 Å². The fraction of sp³-hybridized carbons (Fsp3) is 0.0769. The summed E-state index contributed by atoms with van der Waals surface area (Å²) in [5.74, 6) is 0. The molecule has 0 saturated carbocycles. The molecule has 0 amide bonds.